The molecule has 0 saturated carbocycles. The number of hydrogen-bond donors (Lipinski definition) is 2. The largest absolute Gasteiger partial charge is 0.395 e. The minimum atomic E-state index is 0.209. The van der Waals surface area contributed by atoms with Crippen LogP contribution in [-0.4, -0.2) is 24.8 Å². The van der Waals surface area contributed by atoms with Gasteiger partial charge in [-0.05, 0) is 42.0 Å². The Kier molecular flexibility index (Phi) is 5.16. The lowest BCUT2D eigenvalue weighted by atomic mass is 9.85. The van der Waals surface area contributed by atoms with Crippen LogP contribution < -0.4 is 5.32 Å². The Balaban J connectivity index is 2.70. The SMILES string of the molecule is Cc1ccc(C(C)(C)C)cc1CCNCCO. The van der Waals surface area contributed by atoms with Gasteiger partial charge in [0.1, 0.15) is 0 Å². The first-order valence-corrected chi connectivity index (χ1v) is 6.36. The fourth-order valence-electron chi connectivity index (χ4n) is 1.83. The highest BCUT2D eigenvalue weighted by Gasteiger charge is 2.14. The van der Waals surface area contributed by atoms with Crippen molar-refractivity contribution in [1.29, 1.82) is 0 Å². The van der Waals surface area contributed by atoms with E-state index < -0.39 is 0 Å². The van der Waals surface area contributed by atoms with Crippen molar-refractivity contribution in [1.82, 2.24) is 5.32 Å². The summed E-state index contributed by atoms with van der Waals surface area (Å²) in [5.74, 6) is 0. The van der Waals surface area contributed by atoms with E-state index in [2.05, 4.69) is 51.2 Å². The predicted octanol–water partition coefficient (Wildman–Crippen LogP) is 2.42. The van der Waals surface area contributed by atoms with Crippen molar-refractivity contribution < 1.29 is 5.11 Å². The van der Waals surface area contributed by atoms with Crippen LogP contribution >= 0.6 is 0 Å². The first-order chi connectivity index (χ1) is 7.95. The molecule has 0 radical (unpaired) electrons. The summed E-state index contributed by atoms with van der Waals surface area (Å²) >= 11 is 0. The molecule has 2 N–H and O–H groups in total. The molecule has 0 atom stereocenters. The molecule has 0 spiro atoms. The van der Waals surface area contributed by atoms with Crippen molar-refractivity contribution >= 4 is 0 Å². The molecule has 0 bridgehead atoms. The molecule has 0 aliphatic carbocycles. The van der Waals surface area contributed by atoms with E-state index in [9.17, 15) is 0 Å². The van der Waals surface area contributed by atoms with E-state index in [1.165, 1.54) is 16.7 Å². The highest BCUT2D eigenvalue weighted by molar-refractivity contribution is 5.34. The molecule has 1 aromatic carbocycles. The van der Waals surface area contributed by atoms with Crippen LogP contribution in [0.4, 0.5) is 0 Å². The van der Waals surface area contributed by atoms with Crippen LogP contribution in [0.15, 0.2) is 18.2 Å². The van der Waals surface area contributed by atoms with E-state index in [-0.39, 0.29) is 12.0 Å². The van der Waals surface area contributed by atoms with E-state index in [0.717, 1.165) is 13.0 Å². The van der Waals surface area contributed by atoms with Crippen LogP contribution in [0.5, 0.6) is 0 Å². The molecule has 2 nitrogen and oxygen atoms in total. The van der Waals surface area contributed by atoms with E-state index in [1.807, 2.05) is 0 Å². The third-order valence-electron chi connectivity index (χ3n) is 3.07. The number of benzene rings is 1. The van der Waals surface area contributed by atoms with E-state index in [4.69, 9.17) is 5.11 Å². The van der Waals surface area contributed by atoms with Gasteiger partial charge in [0, 0.05) is 6.54 Å². The molecule has 0 aliphatic rings. The molecule has 0 amide bonds. The molecule has 0 heterocycles. The van der Waals surface area contributed by atoms with Gasteiger partial charge in [0.05, 0.1) is 6.61 Å². The average molecular weight is 235 g/mol. The summed E-state index contributed by atoms with van der Waals surface area (Å²) < 4.78 is 0. The number of aliphatic hydroxyl groups excluding tert-OH is 1. The topological polar surface area (TPSA) is 32.3 Å². The minimum Gasteiger partial charge on any atom is -0.395 e. The molecule has 2 heteroatoms. The van der Waals surface area contributed by atoms with Crippen LogP contribution in [-0.2, 0) is 11.8 Å². The summed E-state index contributed by atoms with van der Waals surface area (Å²) in [5, 5.41) is 11.9. The standard InChI is InChI=1S/C15H25NO/c1-12-5-6-14(15(2,3)4)11-13(12)7-8-16-9-10-17/h5-6,11,16-17H,7-10H2,1-4H3. The normalized spacial score (nSPS) is 11.8. The van der Waals surface area contributed by atoms with Crippen LogP contribution in [0.1, 0.15) is 37.5 Å². The third-order valence-corrected chi connectivity index (χ3v) is 3.07. The zero-order valence-electron chi connectivity index (χ0n) is 11.5. The maximum atomic E-state index is 8.71. The third kappa shape index (κ3) is 4.49. The molecule has 0 unspecified atom stereocenters. The molecule has 0 aliphatic heterocycles. The lowest BCUT2D eigenvalue weighted by Gasteiger charge is -2.21. The van der Waals surface area contributed by atoms with Crippen molar-refractivity contribution in [2.45, 2.75) is 39.5 Å². The van der Waals surface area contributed by atoms with Gasteiger partial charge in [-0.2, -0.15) is 0 Å². The Hall–Kier alpha value is -0.860. The second-order valence-corrected chi connectivity index (χ2v) is 5.61. The summed E-state index contributed by atoms with van der Waals surface area (Å²) in [6.07, 6.45) is 1.02. The lowest BCUT2D eigenvalue weighted by molar-refractivity contribution is 0.293. The predicted molar refractivity (Wildman–Crippen MR) is 73.5 cm³/mol. The zero-order chi connectivity index (χ0) is 12.9. The molecule has 1 rings (SSSR count). The van der Waals surface area contributed by atoms with E-state index in [0.29, 0.717) is 6.54 Å². The Morgan fingerprint density at radius 2 is 1.88 bits per heavy atom. The Morgan fingerprint density at radius 1 is 1.18 bits per heavy atom. The highest BCUT2D eigenvalue weighted by atomic mass is 16.3. The summed E-state index contributed by atoms with van der Waals surface area (Å²) in [6.45, 7) is 10.7. The fraction of sp³-hybridized carbons (Fsp3) is 0.600. The second kappa shape index (κ2) is 6.18. The monoisotopic (exact) mass is 235 g/mol. The van der Waals surface area contributed by atoms with Gasteiger partial charge in [-0.25, -0.2) is 0 Å². The van der Waals surface area contributed by atoms with Crippen LogP contribution in [0.3, 0.4) is 0 Å². The molecular weight excluding hydrogens is 210 g/mol. The van der Waals surface area contributed by atoms with Crippen LogP contribution in [0.2, 0.25) is 0 Å². The summed E-state index contributed by atoms with van der Waals surface area (Å²) in [7, 11) is 0. The van der Waals surface area contributed by atoms with Crippen molar-refractivity contribution in [3.63, 3.8) is 0 Å². The average Bonchev–Trinajstić information content (AvgIpc) is 2.25. The lowest BCUT2D eigenvalue weighted by Crippen LogP contribution is -2.21. The van der Waals surface area contributed by atoms with Gasteiger partial charge in [0.2, 0.25) is 0 Å². The first kappa shape index (κ1) is 14.2. The number of aryl methyl sites for hydroxylation is 1. The van der Waals surface area contributed by atoms with Gasteiger partial charge in [-0.15, -0.1) is 0 Å². The van der Waals surface area contributed by atoms with Gasteiger partial charge >= 0.3 is 0 Å². The Labute approximate surface area is 105 Å². The smallest absolute Gasteiger partial charge is 0.0555 e. The van der Waals surface area contributed by atoms with Gasteiger partial charge < -0.3 is 10.4 Å². The van der Waals surface area contributed by atoms with Crippen molar-refractivity contribution in [3.05, 3.63) is 34.9 Å². The van der Waals surface area contributed by atoms with Crippen molar-refractivity contribution in [2.75, 3.05) is 19.7 Å². The Morgan fingerprint density at radius 3 is 2.47 bits per heavy atom. The van der Waals surface area contributed by atoms with Crippen LogP contribution in [0.25, 0.3) is 0 Å². The molecule has 0 saturated heterocycles. The quantitative estimate of drug-likeness (QED) is 0.768. The molecular formula is C15H25NO. The Bertz CT molecular complexity index is 352. The maximum absolute atomic E-state index is 8.71. The van der Waals surface area contributed by atoms with Gasteiger partial charge in [-0.3, -0.25) is 0 Å². The summed E-state index contributed by atoms with van der Waals surface area (Å²) in [4.78, 5) is 0. The molecule has 0 fully saturated rings. The maximum Gasteiger partial charge on any atom is 0.0555 e. The van der Waals surface area contributed by atoms with Gasteiger partial charge in [0.25, 0.3) is 0 Å². The van der Waals surface area contributed by atoms with Crippen molar-refractivity contribution in [2.24, 2.45) is 0 Å². The van der Waals surface area contributed by atoms with E-state index >= 15 is 0 Å². The fourth-order valence-corrected chi connectivity index (χ4v) is 1.83. The number of hydrogen-bond acceptors (Lipinski definition) is 2. The second-order valence-electron chi connectivity index (χ2n) is 5.61. The van der Waals surface area contributed by atoms with E-state index in [1.54, 1.807) is 0 Å². The van der Waals surface area contributed by atoms with Gasteiger partial charge in [0.15, 0.2) is 0 Å². The molecule has 1 aromatic rings. The molecule has 96 valence electrons. The number of rotatable bonds is 5. The highest BCUT2D eigenvalue weighted by Crippen LogP contribution is 2.24. The first-order valence-electron chi connectivity index (χ1n) is 6.36. The summed E-state index contributed by atoms with van der Waals surface area (Å²) in [5.41, 5.74) is 4.35. The zero-order valence-corrected chi connectivity index (χ0v) is 11.5. The molecule has 17 heavy (non-hydrogen) atoms. The minimum absolute atomic E-state index is 0.209. The van der Waals surface area contributed by atoms with Crippen LogP contribution in [0, 0.1) is 6.92 Å². The molecule has 0 aromatic heterocycles. The van der Waals surface area contributed by atoms with Crippen molar-refractivity contribution in [3.8, 4) is 0 Å². The number of nitrogens with one attached hydrogen (secondary N) is 1. The van der Waals surface area contributed by atoms with Gasteiger partial charge in [-0.1, -0.05) is 39.0 Å². The summed E-state index contributed by atoms with van der Waals surface area (Å²) in [6, 6.07) is 6.75. The number of aliphatic hydroxyl groups is 1.